The van der Waals surface area contributed by atoms with Crippen LogP contribution in [0.1, 0.15) is 5.56 Å². The van der Waals surface area contributed by atoms with E-state index in [2.05, 4.69) is 45.1 Å². The van der Waals surface area contributed by atoms with E-state index in [-0.39, 0.29) is 0 Å². The van der Waals surface area contributed by atoms with E-state index in [4.69, 9.17) is 11.6 Å². The van der Waals surface area contributed by atoms with Gasteiger partial charge < -0.3 is 4.90 Å². The fourth-order valence-electron chi connectivity index (χ4n) is 3.06. The van der Waals surface area contributed by atoms with Crippen molar-refractivity contribution >= 4 is 38.8 Å². The van der Waals surface area contributed by atoms with Crippen molar-refractivity contribution in [2.24, 2.45) is 0 Å². The predicted octanol–water partition coefficient (Wildman–Crippen LogP) is 4.27. The molecule has 1 aromatic heterocycles. The maximum Gasteiger partial charge on any atom is 0.0832 e. The Morgan fingerprint density at radius 3 is 2.57 bits per heavy atom. The van der Waals surface area contributed by atoms with Crippen LogP contribution in [0.2, 0.25) is 5.02 Å². The average molecular weight is 344 g/mol. The van der Waals surface area contributed by atoms with Crippen LogP contribution in [-0.4, -0.2) is 36.1 Å². The van der Waals surface area contributed by atoms with Gasteiger partial charge in [-0.2, -0.15) is 0 Å². The molecule has 0 spiro atoms. The molecule has 0 unspecified atom stereocenters. The van der Waals surface area contributed by atoms with Gasteiger partial charge in [-0.3, -0.25) is 4.90 Å². The number of hydrogen-bond acceptors (Lipinski definition) is 4. The van der Waals surface area contributed by atoms with Crippen molar-refractivity contribution in [3.8, 4) is 0 Å². The first-order chi connectivity index (χ1) is 11.3. The first kappa shape index (κ1) is 14.9. The molecule has 1 fully saturated rings. The largest absolute Gasteiger partial charge is 0.369 e. The Morgan fingerprint density at radius 2 is 1.78 bits per heavy atom. The summed E-state index contributed by atoms with van der Waals surface area (Å²) in [5, 5.41) is 0.802. The van der Waals surface area contributed by atoms with E-state index < -0.39 is 0 Å². The number of benzene rings is 2. The Labute approximate surface area is 145 Å². The summed E-state index contributed by atoms with van der Waals surface area (Å²) >= 11 is 7.65. The molecule has 0 bridgehead atoms. The van der Waals surface area contributed by atoms with Crippen LogP contribution in [0.15, 0.2) is 48.0 Å². The molecule has 0 N–H and O–H groups in total. The number of aromatic nitrogens is 1. The third-order valence-corrected chi connectivity index (χ3v) is 5.43. The van der Waals surface area contributed by atoms with Crippen molar-refractivity contribution in [3.63, 3.8) is 0 Å². The van der Waals surface area contributed by atoms with Crippen LogP contribution in [0.3, 0.4) is 0 Å². The van der Waals surface area contributed by atoms with Crippen LogP contribution >= 0.6 is 22.9 Å². The molecular formula is C18H18ClN3S. The molecule has 2 aromatic carbocycles. The van der Waals surface area contributed by atoms with Crippen molar-refractivity contribution in [1.82, 2.24) is 9.88 Å². The van der Waals surface area contributed by atoms with Crippen LogP contribution < -0.4 is 4.90 Å². The number of thiazole rings is 1. The van der Waals surface area contributed by atoms with Gasteiger partial charge >= 0.3 is 0 Å². The normalized spacial score (nSPS) is 16.1. The summed E-state index contributed by atoms with van der Waals surface area (Å²) in [5.41, 5.74) is 5.63. The molecule has 4 rings (SSSR count). The summed E-state index contributed by atoms with van der Waals surface area (Å²) < 4.78 is 1.26. The molecule has 5 heteroatoms. The smallest absolute Gasteiger partial charge is 0.0832 e. The lowest BCUT2D eigenvalue weighted by molar-refractivity contribution is 0.250. The Hall–Kier alpha value is -1.62. The zero-order valence-corrected chi connectivity index (χ0v) is 14.4. The first-order valence-electron chi connectivity index (χ1n) is 7.83. The highest BCUT2D eigenvalue weighted by molar-refractivity contribution is 7.16. The standard InChI is InChI=1S/C18H18ClN3S/c19-15-3-1-14(2-4-15)12-21-7-9-22(10-8-21)16-5-6-18-17(11-16)20-13-23-18/h1-6,11,13H,7-10,12H2. The van der Waals surface area contributed by atoms with E-state index in [9.17, 15) is 0 Å². The van der Waals surface area contributed by atoms with E-state index in [1.165, 1.54) is 16.0 Å². The highest BCUT2D eigenvalue weighted by atomic mass is 35.5. The van der Waals surface area contributed by atoms with Gasteiger partial charge in [0.2, 0.25) is 0 Å². The topological polar surface area (TPSA) is 19.4 Å². The maximum atomic E-state index is 5.95. The highest BCUT2D eigenvalue weighted by Gasteiger charge is 2.17. The second-order valence-corrected chi connectivity index (χ2v) is 7.22. The summed E-state index contributed by atoms with van der Waals surface area (Å²) in [6, 6.07) is 14.8. The van der Waals surface area contributed by atoms with Crippen molar-refractivity contribution in [2.45, 2.75) is 6.54 Å². The number of rotatable bonds is 3. The average Bonchev–Trinajstić information content (AvgIpc) is 3.05. The molecule has 3 aromatic rings. The molecule has 0 atom stereocenters. The highest BCUT2D eigenvalue weighted by Crippen LogP contribution is 2.25. The van der Waals surface area contributed by atoms with E-state index >= 15 is 0 Å². The molecule has 1 aliphatic rings. The van der Waals surface area contributed by atoms with Crippen molar-refractivity contribution in [3.05, 3.63) is 58.6 Å². The van der Waals surface area contributed by atoms with Gasteiger partial charge in [0, 0.05) is 43.4 Å². The van der Waals surface area contributed by atoms with Gasteiger partial charge in [0.05, 0.1) is 15.7 Å². The molecular weight excluding hydrogens is 326 g/mol. The fraction of sp³-hybridized carbons (Fsp3) is 0.278. The first-order valence-corrected chi connectivity index (χ1v) is 9.09. The Balaban J connectivity index is 1.39. The van der Waals surface area contributed by atoms with E-state index in [0.29, 0.717) is 0 Å². The third-order valence-electron chi connectivity index (χ3n) is 4.37. The zero-order chi connectivity index (χ0) is 15.6. The molecule has 118 valence electrons. The Morgan fingerprint density at radius 1 is 1.00 bits per heavy atom. The van der Waals surface area contributed by atoms with Crippen LogP contribution in [0.5, 0.6) is 0 Å². The Bertz CT molecular complexity index is 791. The summed E-state index contributed by atoms with van der Waals surface area (Å²) in [4.78, 5) is 9.38. The summed E-state index contributed by atoms with van der Waals surface area (Å²) in [6.45, 7) is 5.28. The van der Waals surface area contributed by atoms with Gasteiger partial charge in [-0.25, -0.2) is 4.98 Å². The van der Waals surface area contributed by atoms with Gasteiger partial charge in [0.1, 0.15) is 0 Å². The van der Waals surface area contributed by atoms with Gasteiger partial charge in [-0.1, -0.05) is 23.7 Å². The van der Waals surface area contributed by atoms with Gasteiger partial charge in [-0.15, -0.1) is 11.3 Å². The summed E-state index contributed by atoms with van der Waals surface area (Å²) in [7, 11) is 0. The SMILES string of the molecule is Clc1ccc(CN2CCN(c3ccc4scnc4c3)CC2)cc1. The lowest BCUT2D eigenvalue weighted by Crippen LogP contribution is -2.45. The fourth-order valence-corrected chi connectivity index (χ4v) is 3.84. The molecule has 3 nitrogen and oxygen atoms in total. The second kappa shape index (κ2) is 6.48. The van der Waals surface area contributed by atoms with Crippen LogP contribution in [0, 0.1) is 0 Å². The van der Waals surface area contributed by atoms with E-state index in [1.54, 1.807) is 11.3 Å². The van der Waals surface area contributed by atoms with Crippen molar-refractivity contribution in [2.75, 3.05) is 31.1 Å². The second-order valence-electron chi connectivity index (χ2n) is 5.89. The number of fused-ring (bicyclic) bond motifs is 1. The van der Waals surface area contributed by atoms with Gasteiger partial charge in [-0.05, 0) is 35.9 Å². The number of hydrogen-bond donors (Lipinski definition) is 0. The number of nitrogens with zero attached hydrogens (tertiary/aromatic N) is 3. The quantitative estimate of drug-likeness (QED) is 0.708. The maximum absolute atomic E-state index is 5.95. The van der Waals surface area contributed by atoms with Crippen molar-refractivity contribution < 1.29 is 0 Å². The zero-order valence-electron chi connectivity index (χ0n) is 12.8. The predicted molar refractivity (Wildman–Crippen MR) is 98.6 cm³/mol. The van der Waals surface area contributed by atoms with Gasteiger partial charge in [0.25, 0.3) is 0 Å². The monoisotopic (exact) mass is 343 g/mol. The minimum Gasteiger partial charge on any atom is -0.369 e. The lowest BCUT2D eigenvalue weighted by atomic mass is 10.2. The lowest BCUT2D eigenvalue weighted by Gasteiger charge is -2.36. The molecule has 0 aliphatic carbocycles. The number of halogens is 1. The molecule has 23 heavy (non-hydrogen) atoms. The van der Waals surface area contributed by atoms with Crippen molar-refractivity contribution in [1.29, 1.82) is 0 Å². The summed E-state index contributed by atoms with van der Waals surface area (Å²) in [6.07, 6.45) is 0. The molecule has 0 radical (unpaired) electrons. The number of piperazine rings is 1. The molecule has 1 saturated heterocycles. The molecule has 0 amide bonds. The van der Waals surface area contributed by atoms with Crippen LogP contribution in [0.25, 0.3) is 10.2 Å². The minimum atomic E-state index is 0.802. The molecule has 1 aliphatic heterocycles. The molecule has 0 saturated carbocycles. The van der Waals surface area contributed by atoms with Crippen LogP contribution in [0.4, 0.5) is 5.69 Å². The van der Waals surface area contributed by atoms with E-state index in [0.717, 1.165) is 43.3 Å². The Kier molecular flexibility index (Phi) is 4.21. The third kappa shape index (κ3) is 3.34. The van der Waals surface area contributed by atoms with Gasteiger partial charge in [0.15, 0.2) is 0 Å². The molecule has 2 heterocycles. The summed E-state index contributed by atoms with van der Waals surface area (Å²) in [5.74, 6) is 0. The van der Waals surface area contributed by atoms with E-state index in [1.807, 2.05) is 17.6 Å². The minimum absolute atomic E-state index is 0.802. The number of anilines is 1. The van der Waals surface area contributed by atoms with Crippen LogP contribution in [-0.2, 0) is 6.54 Å².